The van der Waals surface area contributed by atoms with E-state index in [1.807, 2.05) is 30.9 Å². The molecule has 3 heterocycles. The number of fused-ring (bicyclic) bond motifs is 1. The number of aromatic nitrogens is 2. The number of aryl methyl sites for hydroxylation is 1. The number of imidazole rings is 1. The van der Waals surface area contributed by atoms with Gasteiger partial charge in [0, 0.05) is 57.1 Å². The molecule has 0 unspecified atom stereocenters. The quantitative estimate of drug-likeness (QED) is 0.837. The van der Waals surface area contributed by atoms with Gasteiger partial charge in [0.05, 0.1) is 0 Å². The second-order valence-electron chi connectivity index (χ2n) is 7.39. The molecular weight excluding hydrogens is 360 g/mol. The van der Waals surface area contributed by atoms with Gasteiger partial charge in [0.15, 0.2) is 11.5 Å². The number of benzene rings is 1. The van der Waals surface area contributed by atoms with Gasteiger partial charge in [-0.15, -0.1) is 0 Å². The van der Waals surface area contributed by atoms with Crippen molar-refractivity contribution >= 4 is 5.91 Å². The minimum absolute atomic E-state index is 0.105. The maximum atomic E-state index is 12.5. The summed E-state index contributed by atoms with van der Waals surface area (Å²) in [5.74, 6) is 1.70. The molecule has 4 rings (SSSR count). The maximum Gasteiger partial charge on any atom is 0.325 e. The van der Waals surface area contributed by atoms with Crippen LogP contribution in [0.5, 0.6) is 11.5 Å². The number of nitrogens with one attached hydrogen (secondary N) is 1. The third-order valence-corrected chi connectivity index (χ3v) is 5.60. The van der Waals surface area contributed by atoms with Gasteiger partial charge in [0.1, 0.15) is 0 Å². The van der Waals surface area contributed by atoms with Gasteiger partial charge < -0.3 is 19.4 Å². The summed E-state index contributed by atoms with van der Waals surface area (Å²) in [4.78, 5) is 31.5. The van der Waals surface area contributed by atoms with Crippen LogP contribution in [0.1, 0.15) is 23.4 Å². The summed E-state index contributed by atoms with van der Waals surface area (Å²) < 4.78 is 12.4. The van der Waals surface area contributed by atoms with E-state index in [0.29, 0.717) is 26.1 Å². The van der Waals surface area contributed by atoms with Gasteiger partial charge in [-0.3, -0.25) is 14.3 Å². The fourth-order valence-corrected chi connectivity index (χ4v) is 3.76. The molecule has 8 nitrogen and oxygen atoms in total. The molecule has 0 saturated carbocycles. The zero-order valence-corrected chi connectivity index (χ0v) is 16.4. The number of ether oxygens (including phenoxy) is 2. The van der Waals surface area contributed by atoms with E-state index >= 15 is 0 Å². The van der Waals surface area contributed by atoms with Gasteiger partial charge >= 0.3 is 5.69 Å². The predicted molar refractivity (Wildman–Crippen MR) is 104 cm³/mol. The summed E-state index contributed by atoms with van der Waals surface area (Å²) in [5, 5.41) is 0. The van der Waals surface area contributed by atoms with Crippen molar-refractivity contribution in [3.8, 4) is 11.5 Å². The van der Waals surface area contributed by atoms with Crippen molar-refractivity contribution in [1.82, 2.24) is 19.4 Å². The van der Waals surface area contributed by atoms with Crippen molar-refractivity contribution < 1.29 is 14.3 Å². The molecular formula is C20H26N4O4. The third-order valence-electron chi connectivity index (χ3n) is 5.60. The van der Waals surface area contributed by atoms with Gasteiger partial charge in [-0.1, -0.05) is 6.07 Å². The highest BCUT2D eigenvalue weighted by Crippen LogP contribution is 2.32. The molecule has 0 radical (unpaired) electrons. The lowest BCUT2D eigenvalue weighted by molar-refractivity contribution is -0.133. The maximum absolute atomic E-state index is 12.5. The van der Waals surface area contributed by atoms with Crippen molar-refractivity contribution in [1.29, 1.82) is 0 Å². The van der Waals surface area contributed by atoms with Gasteiger partial charge in [0.2, 0.25) is 12.7 Å². The Kier molecular flexibility index (Phi) is 5.13. The number of amides is 1. The Bertz CT molecular complexity index is 925. The van der Waals surface area contributed by atoms with Crippen LogP contribution in [-0.2, 0) is 17.9 Å². The summed E-state index contributed by atoms with van der Waals surface area (Å²) in [6, 6.07) is 6.03. The van der Waals surface area contributed by atoms with Crippen LogP contribution in [0.4, 0.5) is 0 Å². The molecule has 1 fully saturated rings. The van der Waals surface area contributed by atoms with Crippen molar-refractivity contribution in [2.75, 3.05) is 33.0 Å². The first-order valence-corrected chi connectivity index (χ1v) is 9.66. The van der Waals surface area contributed by atoms with Crippen molar-refractivity contribution in [3.05, 3.63) is 45.6 Å². The van der Waals surface area contributed by atoms with E-state index < -0.39 is 0 Å². The molecule has 0 atom stereocenters. The van der Waals surface area contributed by atoms with Crippen molar-refractivity contribution in [3.63, 3.8) is 0 Å². The van der Waals surface area contributed by atoms with Crippen LogP contribution in [0.15, 0.2) is 23.0 Å². The van der Waals surface area contributed by atoms with E-state index in [4.69, 9.17) is 9.47 Å². The van der Waals surface area contributed by atoms with Crippen LogP contribution < -0.4 is 15.2 Å². The first-order chi connectivity index (χ1) is 13.5. The van der Waals surface area contributed by atoms with Gasteiger partial charge in [-0.2, -0.15) is 0 Å². The Morgan fingerprint density at radius 2 is 1.86 bits per heavy atom. The number of rotatable bonds is 5. The number of nitrogens with zero attached hydrogens (tertiary/aromatic N) is 3. The summed E-state index contributed by atoms with van der Waals surface area (Å²) in [5.41, 5.74) is 2.79. The summed E-state index contributed by atoms with van der Waals surface area (Å²) in [7, 11) is 0. The minimum Gasteiger partial charge on any atom is -0.454 e. The van der Waals surface area contributed by atoms with Gasteiger partial charge in [0.25, 0.3) is 0 Å². The number of carbonyl (C=O) groups excluding carboxylic acids is 1. The highest BCUT2D eigenvalue weighted by atomic mass is 16.7. The van der Waals surface area contributed by atoms with Crippen LogP contribution >= 0.6 is 0 Å². The smallest absolute Gasteiger partial charge is 0.325 e. The molecule has 2 aliphatic heterocycles. The summed E-state index contributed by atoms with van der Waals surface area (Å²) >= 11 is 0. The Morgan fingerprint density at radius 1 is 1.11 bits per heavy atom. The number of hydrogen-bond donors (Lipinski definition) is 1. The first kappa shape index (κ1) is 18.6. The Labute approximate surface area is 163 Å². The minimum atomic E-state index is -0.142. The van der Waals surface area contributed by atoms with E-state index in [9.17, 15) is 9.59 Å². The Hall–Kier alpha value is -2.74. The number of H-pyrrole nitrogens is 1. The number of hydrogen-bond acceptors (Lipinski definition) is 5. The fraction of sp³-hybridized carbons (Fsp3) is 0.500. The lowest BCUT2D eigenvalue weighted by Crippen LogP contribution is -2.48. The lowest BCUT2D eigenvalue weighted by Gasteiger charge is -2.34. The van der Waals surface area contributed by atoms with Crippen LogP contribution in [0.25, 0.3) is 0 Å². The molecule has 1 aromatic carbocycles. The molecule has 1 saturated heterocycles. The van der Waals surface area contributed by atoms with Crippen LogP contribution in [0.2, 0.25) is 0 Å². The second-order valence-corrected chi connectivity index (χ2v) is 7.39. The standard InChI is InChI=1S/C20H26N4O4/c1-14-15(2)24(20(26)21-14)6-5-19(25)23-9-7-22(8-10-23)12-16-3-4-17-18(11-16)28-13-27-17/h3-4,11H,5-10,12-13H2,1-2H3,(H,21,26). The van der Waals surface area contributed by atoms with Crippen LogP contribution in [0.3, 0.4) is 0 Å². The lowest BCUT2D eigenvalue weighted by atomic mass is 10.1. The molecule has 1 amide bonds. The first-order valence-electron chi connectivity index (χ1n) is 9.66. The normalized spacial score (nSPS) is 16.6. The molecule has 150 valence electrons. The molecule has 28 heavy (non-hydrogen) atoms. The topological polar surface area (TPSA) is 79.8 Å². The van der Waals surface area contributed by atoms with Gasteiger partial charge in [-0.05, 0) is 31.5 Å². The largest absolute Gasteiger partial charge is 0.454 e. The SMILES string of the molecule is Cc1[nH]c(=O)n(CCC(=O)N2CCN(Cc3ccc4c(c3)OCO4)CC2)c1C. The summed E-state index contributed by atoms with van der Waals surface area (Å²) in [6.07, 6.45) is 0.347. The third kappa shape index (κ3) is 3.77. The van der Waals surface area contributed by atoms with Crippen LogP contribution in [0, 0.1) is 13.8 Å². The Balaban J connectivity index is 1.26. The number of carbonyl (C=O) groups is 1. The molecule has 2 aliphatic rings. The van der Waals surface area contributed by atoms with E-state index in [1.54, 1.807) is 4.57 Å². The number of aromatic amines is 1. The second kappa shape index (κ2) is 7.71. The van der Waals surface area contributed by atoms with E-state index in [1.165, 1.54) is 5.56 Å². The molecule has 1 aromatic heterocycles. The predicted octanol–water partition coefficient (Wildman–Crippen LogP) is 1.26. The Morgan fingerprint density at radius 3 is 2.57 bits per heavy atom. The average Bonchev–Trinajstić information content (AvgIpc) is 3.25. The van der Waals surface area contributed by atoms with E-state index in [0.717, 1.165) is 42.5 Å². The monoisotopic (exact) mass is 386 g/mol. The van der Waals surface area contributed by atoms with E-state index in [-0.39, 0.29) is 18.4 Å². The van der Waals surface area contributed by atoms with Crippen molar-refractivity contribution in [2.24, 2.45) is 0 Å². The highest BCUT2D eigenvalue weighted by molar-refractivity contribution is 5.76. The van der Waals surface area contributed by atoms with E-state index in [2.05, 4.69) is 16.0 Å². The fourth-order valence-electron chi connectivity index (χ4n) is 3.76. The molecule has 2 aromatic rings. The zero-order valence-electron chi connectivity index (χ0n) is 16.4. The molecule has 0 bridgehead atoms. The molecule has 1 N–H and O–H groups in total. The van der Waals surface area contributed by atoms with Gasteiger partial charge in [-0.25, -0.2) is 4.79 Å². The summed E-state index contributed by atoms with van der Waals surface area (Å²) in [6.45, 7) is 8.40. The highest BCUT2D eigenvalue weighted by Gasteiger charge is 2.22. The zero-order chi connectivity index (χ0) is 19.7. The molecule has 0 aliphatic carbocycles. The van der Waals surface area contributed by atoms with Crippen LogP contribution in [-0.4, -0.2) is 58.2 Å². The number of piperazine rings is 1. The van der Waals surface area contributed by atoms with Crippen molar-refractivity contribution in [2.45, 2.75) is 33.4 Å². The molecule has 8 heteroatoms. The average molecular weight is 386 g/mol. The molecule has 0 spiro atoms.